The number of piperazine rings is 2. The van der Waals surface area contributed by atoms with Crippen molar-refractivity contribution < 1.29 is 19.4 Å². The third kappa shape index (κ3) is 6.07. The summed E-state index contributed by atoms with van der Waals surface area (Å²) >= 11 is 0. The van der Waals surface area contributed by atoms with E-state index in [0.717, 1.165) is 38.3 Å². The third-order valence-corrected chi connectivity index (χ3v) is 5.25. The minimum Gasteiger partial charge on any atom is -0.493 e. The fourth-order valence-corrected chi connectivity index (χ4v) is 3.58. The van der Waals surface area contributed by atoms with Gasteiger partial charge in [-0.05, 0) is 24.7 Å². The van der Waals surface area contributed by atoms with Crippen LogP contribution in [0.1, 0.15) is 5.56 Å². The number of amides is 1. The molecule has 8 nitrogen and oxygen atoms in total. The van der Waals surface area contributed by atoms with Gasteiger partial charge in [0.05, 0.1) is 13.7 Å². The van der Waals surface area contributed by atoms with E-state index < -0.39 is 6.10 Å². The number of aliphatic hydroxyl groups is 1. The number of hydrogen-bond acceptors (Lipinski definition) is 7. The monoisotopic (exact) mass is 392 g/mol. The Morgan fingerprint density at radius 3 is 2.64 bits per heavy atom. The number of benzene rings is 1. The number of likely N-dealkylation sites (N-methyl/N-ethyl adjacent to an activating group) is 1. The Morgan fingerprint density at radius 2 is 1.93 bits per heavy atom. The van der Waals surface area contributed by atoms with E-state index in [0.29, 0.717) is 37.7 Å². The van der Waals surface area contributed by atoms with Crippen molar-refractivity contribution in [3.63, 3.8) is 0 Å². The van der Waals surface area contributed by atoms with E-state index in [9.17, 15) is 9.90 Å². The number of β-amino-alcohol motifs (C(OH)–C–C–N with tert-alkyl or cyclic N) is 1. The van der Waals surface area contributed by atoms with E-state index in [1.165, 1.54) is 0 Å². The molecule has 0 saturated carbocycles. The molecule has 1 aromatic carbocycles. The highest BCUT2D eigenvalue weighted by molar-refractivity contribution is 5.78. The molecule has 0 spiro atoms. The van der Waals surface area contributed by atoms with Crippen molar-refractivity contribution in [2.75, 3.05) is 73.1 Å². The number of rotatable bonds is 8. The van der Waals surface area contributed by atoms with Crippen LogP contribution >= 0.6 is 0 Å². The second-order valence-electron chi connectivity index (χ2n) is 7.61. The number of nitrogens with one attached hydrogen (secondary N) is 1. The first-order valence-electron chi connectivity index (χ1n) is 9.91. The molecule has 0 bridgehead atoms. The Bertz CT molecular complexity index is 649. The second-order valence-corrected chi connectivity index (χ2v) is 7.61. The van der Waals surface area contributed by atoms with Gasteiger partial charge in [-0.3, -0.25) is 14.6 Å². The maximum absolute atomic E-state index is 11.6. The van der Waals surface area contributed by atoms with Crippen LogP contribution in [0, 0.1) is 0 Å². The zero-order valence-electron chi connectivity index (χ0n) is 16.9. The summed E-state index contributed by atoms with van der Waals surface area (Å²) in [6, 6.07) is 5.80. The molecule has 3 rings (SSSR count). The van der Waals surface area contributed by atoms with Crippen molar-refractivity contribution in [1.29, 1.82) is 0 Å². The lowest BCUT2D eigenvalue weighted by Gasteiger charge is -2.33. The van der Waals surface area contributed by atoms with Crippen LogP contribution in [0.25, 0.3) is 0 Å². The van der Waals surface area contributed by atoms with Gasteiger partial charge in [0.25, 0.3) is 0 Å². The van der Waals surface area contributed by atoms with Gasteiger partial charge in [0.1, 0.15) is 12.7 Å². The topological polar surface area (TPSA) is 77.5 Å². The molecule has 2 fully saturated rings. The fraction of sp³-hybridized carbons (Fsp3) is 0.650. The highest BCUT2D eigenvalue weighted by atomic mass is 16.5. The number of carbonyl (C=O) groups is 1. The van der Waals surface area contributed by atoms with Gasteiger partial charge in [-0.15, -0.1) is 0 Å². The van der Waals surface area contributed by atoms with Gasteiger partial charge in [-0.1, -0.05) is 6.07 Å². The quantitative estimate of drug-likeness (QED) is 0.624. The van der Waals surface area contributed by atoms with Crippen molar-refractivity contribution in [1.82, 2.24) is 20.0 Å². The molecular weight excluding hydrogens is 360 g/mol. The Kier molecular flexibility index (Phi) is 7.50. The lowest BCUT2D eigenvalue weighted by molar-refractivity contribution is -0.124. The summed E-state index contributed by atoms with van der Waals surface area (Å²) in [4.78, 5) is 18.2. The van der Waals surface area contributed by atoms with Crippen LogP contribution in [0.15, 0.2) is 18.2 Å². The molecule has 156 valence electrons. The molecule has 0 unspecified atom stereocenters. The Balaban J connectivity index is 1.53. The van der Waals surface area contributed by atoms with E-state index in [4.69, 9.17) is 9.47 Å². The van der Waals surface area contributed by atoms with E-state index in [1.54, 1.807) is 7.11 Å². The summed E-state index contributed by atoms with van der Waals surface area (Å²) in [5.74, 6) is 1.33. The highest BCUT2D eigenvalue weighted by Gasteiger charge is 2.19. The van der Waals surface area contributed by atoms with Gasteiger partial charge < -0.3 is 24.8 Å². The predicted octanol–water partition coefficient (Wildman–Crippen LogP) is -0.386. The second kappa shape index (κ2) is 10.1. The number of ether oxygens (including phenoxy) is 2. The van der Waals surface area contributed by atoms with Gasteiger partial charge in [0.15, 0.2) is 11.5 Å². The average Bonchev–Trinajstić information content (AvgIpc) is 2.68. The molecular formula is C20H32N4O4. The Labute approximate surface area is 167 Å². The zero-order valence-corrected chi connectivity index (χ0v) is 16.9. The minimum atomic E-state index is -0.553. The van der Waals surface area contributed by atoms with Crippen LogP contribution < -0.4 is 14.8 Å². The van der Waals surface area contributed by atoms with Crippen LogP contribution in [0.4, 0.5) is 0 Å². The lowest BCUT2D eigenvalue weighted by atomic mass is 10.1. The van der Waals surface area contributed by atoms with Crippen LogP contribution in [-0.4, -0.2) is 105 Å². The molecule has 28 heavy (non-hydrogen) atoms. The predicted molar refractivity (Wildman–Crippen MR) is 107 cm³/mol. The van der Waals surface area contributed by atoms with Gasteiger partial charge in [0.2, 0.25) is 5.91 Å². The Morgan fingerprint density at radius 1 is 1.14 bits per heavy atom. The fourth-order valence-electron chi connectivity index (χ4n) is 3.58. The molecule has 2 aliphatic heterocycles. The summed E-state index contributed by atoms with van der Waals surface area (Å²) in [5, 5.41) is 13.2. The van der Waals surface area contributed by atoms with Crippen molar-refractivity contribution in [2.24, 2.45) is 0 Å². The number of aliphatic hydroxyl groups excluding tert-OH is 1. The van der Waals surface area contributed by atoms with E-state index in [2.05, 4.69) is 27.1 Å². The molecule has 1 atom stereocenters. The summed E-state index contributed by atoms with van der Waals surface area (Å²) in [6.45, 7) is 7.41. The molecule has 0 aromatic heterocycles. The van der Waals surface area contributed by atoms with Crippen LogP contribution in [-0.2, 0) is 11.3 Å². The standard InChI is InChI=1S/C20H32N4O4/c1-22-7-9-23(10-8-22)13-17(25)15-28-19-11-16(3-4-18(19)27-2)12-24-6-5-21-20(26)14-24/h3-4,11,17,25H,5-10,12-15H2,1-2H3,(H,21,26)/t17-/m0/s1. The van der Waals surface area contributed by atoms with Crippen molar-refractivity contribution in [3.8, 4) is 11.5 Å². The summed E-state index contributed by atoms with van der Waals surface area (Å²) in [5.41, 5.74) is 1.05. The first kappa shape index (κ1) is 20.9. The molecule has 1 aromatic rings. The Hall–Kier alpha value is -1.87. The zero-order chi connectivity index (χ0) is 19.9. The molecule has 2 heterocycles. The number of hydrogen-bond donors (Lipinski definition) is 2. The number of nitrogens with zero attached hydrogens (tertiary/aromatic N) is 3. The smallest absolute Gasteiger partial charge is 0.234 e. The molecule has 2 N–H and O–H groups in total. The number of methoxy groups -OCH3 is 1. The van der Waals surface area contributed by atoms with Crippen LogP contribution in [0.5, 0.6) is 11.5 Å². The van der Waals surface area contributed by atoms with E-state index >= 15 is 0 Å². The normalized spacial score (nSPS) is 20.6. The molecule has 2 aliphatic rings. The van der Waals surface area contributed by atoms with Crippen molar-refractivity contribution >= 4 is 5.91 Å². The SMILES string of the molecule is COc1ccc(CN2CCNC(=O)C2)cc1OC[C@@H](O)CN1CCN(C)CC1. The van der Waals surface area contributed by atoms with Crippen molar-refractivity contribution in [3.05, 3.63) is 23.8 Å². The molecule has 0 radical (unpaired) electrons. The van der Waals surface area contributed by atoms with Gasteiger partial charge in [0, 0.05) is 52.4 Å². The van der Waals surface area contributed by atoms with E-state index in [1.807, 2.05) is 18.2 Å². The highest BCUT2D eigenvalue weighted by Crippen LogP contribution is 2.29. The molecule has 2 saturated heterocycles. The van der Waals surface area contributed by atoms with Gasteiger partial charge in [-0.2, -0.15) is 0 Å². The first-order chi connectivity index (χ1) is 13.5. The third-order valence-electron chi connectivity index (χ3n) is 5.25. The average molecular weight is 393 g/mol. The van der Waals surface area contributed by atoms with E-state index in [-0.39, 0.29) is 12.5 Å². The lowest BCUT2D eigenvalue weighted by Crippen LogP contribution is -2.47. The maximum Gasteiger partial charge on any atom is 0.234 e. The summed E-state index contributed by atoms with van der Waals surface area (Å²) in [7, 11) is 3.73. The summed E-state index contributed by atoms with van der Waals surface area (Å²) < 4.78 is 11.3. The van der Waals surface area contributed by atoms with Crippen molar-refractivity contribution in [2.45, 2.75) is 12.6 Å². The van der Waals surface area contributed by atoms with Gasteiger partial charge in [-0.25, -0.2) is 0 Å². The molecule has 8 heteroatoms. The van der Waals surface area contributed by atoms with Gasteiger partial charge >= 0.3 is 0 Å². The maximum atomic E-state index is 11.6. The van der Waals surface area contributed by atoms with Crippen LogP contribution in [0.3, 0.4) is 0 Å². The molecule has 1 amide bonds. The molecule has 0 aliphatic carbocycles. The first-order valence-corrected chi connectivity index (χ1v) is 9.91. The van der Waals surface area contributed by atoms with Crippen LogP contribution in [0.2, 0.25) is 0 Å². The minimum absolute atomic E-state index is 0.0586. The summed E-state index contributed by atoms with van der Waals surface area (Å²) in [6.07, 6.45) is -0.553. The largest absolute Gasteiger partial charge is 0.493 e. The number of carbonyl (C=O) groups excluding carboxylic acids is 1.